The van der Waals surface area contributed by atoms with Crippen molar-refractivity contribution in [2.24, 2.45) is 0 Å². The summed E-state index contributed by atoms with van der Waals surface area (Å²) in [6.45, 7) is -0.293. The Bertz CT molecular complexity index is 720. The summed E-state index contributed by atoms with van der Waals surface area (Å²) in [5.74, 6) is -0.610. The van der Waals surface area contributed by atoms with Crippen LogP contribution in [0.4, 0.5) is 0 Å². The van der Waals surface area contributed by atoms with Crippen LogP contribution in [0.1, 0.15) is 10.4 Å². The summed E-state index contributed by atoms with van der Waals surface area (Å²) < 4.78 is 5.23. The minimum atomic E-state index is -0.529. The fourth-order valence-corrected chi connectivity index (χ4v) is 1.97. The van der Waals surface area contributed by atoms with E-state index in [0.717, 1.165) is 0 Å². The van der Waals surface area contributed by atoms with E-state index in [0.29, 0.717) is 26.4 Å². The second kappa shape index (κ2) is 8.06. The van der Waals surface area contributed by atoms with Crippen molar-refractivity contribution >= 4 is 46.6 Å². The van der Waals surface area contributed by atoms with E-state index in [-0.39, 0.29) is 6.61 Å². The molecule has 0 aliphatic carbocycles. The number of hydrogen-bond donors (Lipinski definition) is 2. The van der Waals surface area contributed by atoms with E-state index in [4.69, 9.17) is 39.5 Å². The van der Waals surface area contributed by atoms with Gasteiger partial charge in [0.2, 0.25) is 0 Å². The molecule has 0 atom stereocenters. The van der Waals surface area contributed by atoms with Crippen LogP contribution in [0.2, 0.25) is 15.1 Å². The van der Waals surface area contributed by atoms with Crippen LogP contribution in [0, 0.1) is 0 Å². The van der Waals surface area contributed by atoms with Gasteiger partial charge in [0.15, 0.2) is 6.61 Å². The molecule has 2 rings (SSSR count). The van der Waals surface area contributed by atoms with Crippen LogP contribution in [-0.2, 0) is 4.79 Å². The summed E-state index contributed by atoms with van der Waals surface area (Å²) in [7, 11) is 0. The molecule has 2 aromatic carbocycles. The molecule has 0 saturated heterocycles. The minimum Gasteiger partial charge on any atom is -0.484 e. The fraction of sp³-hybridized carbons (Fsp3) is 0.0667. The van der Waals surface area contributed by atoms with Crippen molar-refractivity contribution in [2.45, 2.75) is 0 Å². The van der Waals surface area contributed by atoms with Gasteiger partial charge >= 0.3 is 0 Å². The van der Waals surface area contributed by atoms with Gasteiger partial charge in [-0.25, -0.2) is 0 Å². The normalized spacial score (nSPS) is 10.0. The summed E-state index contributed by atoms with van der Waals surface area (Å²) in [6.07, 6.45) is 0. The lowest BCUT2D eigenvalue weighted by Crippen LogP contribution is -2.43. The third kappa shape index (κ3) is 5.32. The number of amides is 2. The zero-order chi connectivity index (χ0) is 16.8. The summed E-state index contributed by atoms with van der Waals surface area (Å²) in [5, 5.41) is 1.22. The number of carbonyl (C=O) groups is 2. The molecule has 0 fully saturated rings. The van der Waals surface area contributed by atoms with E-state index in [1.165, 1.54) is 18.2 Å². The van der Waals surface area contributed by atoms with E-state index in [9.17, 15) is 9.59 Å². The van der Waals surface area contributed by atoms with Crippen molar-refractivity contribution in [1.29, 1.82) is 0 Å². The number of hydrazine groups is 1. The van der Waals surface area contributed by atoms with Crippen molar-refractivity contribution in [2.75, 3.05) is 6.61 Å². The van der Waals surface area contributed by atoms with Crippen LogP contribution in [-0.4, -0.2) is 18.4 Å². The predicted octanol–water partition coefficient (Wildman–Crippen LogP) is 3.49. The molecule has 0 aliphatic heterocycles. The number of rotatable bonds is 4. The first kappa shape index (κ1) is 17.4. The maximum absolute atomic E-state index is 11.8. The Morgan fingerprint density at radius 3 is 2.26 bits per heavy atom. The molecule has 2 amide bonds. The number of hydrogen-bond acceptors (Lipinski definition) is 3. The lowest BCUT2D eigenvalue weighted by molar-refractivity contribution is -0.123. The number of benzene rings is 2. The Balaban J connectivity index is 1.79. The van der Waals surface area contributed by atoms with Crippen molar-refractivity contribution in [3.8, 4) is 5.75 Å². The van der Waals surface area contributed by atoms with Gasteiger partial charge in [-0.2, -0.15) is 0 Å². The first-order valence-corrected chi connectivity index (χ1v) is 7.51. The van der Waals surface area contributed by atoms with Gasteiger partial charge in [-0.1, -0.05) is 34.8 Å². The molecule has 2 aromatic rings. The second-order valence-electron chi connectivity index (χ2n) is 4.37. The monoisotopic (exact) mass is 372 g/mol. The first-order valence-electron chi connectivity index (χ1n) is 6.38. The summed E-state index contributed by atoms with van der Waals surface area (Å²) >= 11 is 17.3. The zero-order valence-electron chi connectivity index (χ0n) is 11.6. The molecule has 0 saturated carbocycles. The third-order valence-electron chi connectivity index (χ3n) is 2.68. The van der Waals surface area contributed by atoms with E-state index < -0.39 is 11.8 Å². The molecule has 23 heavy (non-hydrogen) atoms. The van der Waals surface area contributed by atoms with Crippen LogP contribution in [0.3, 0.4) is 0 Å². The lowest BCUT2D eigenvalue weighted by atomic mass is 10.2. The number of carbonyl (C=O) groups excluding carboxylic acids is 2. The topological polar surface area (TPSA) is 67.4 Å². The fourth-order valence-electron chi connectivity index (χ4n) is 1.55. The van der Waals surface area contributed by atoms with Gasteiger partial charge in [0.1, 0.15) is 5.75 Å². The van der Waals surface area contributed by atoms with Crippen molar-refractivity contribution < 1.29 is 14.3 Å². The summed E-state index contributed by atoms with van der Waals surface area (Å²) in [6, 6.07) is 10.8. The Morgan fingerprint density at radius 2 is 1.61 bits per heavy atom. The zero-order valence-corrected chi connectivity index (χ0v) is 13.9. The van der Waals surface area contributed by atoms with Gasteiger partial charge in [-0.05, 0) is 36.4 Å². The molecule has 120 valence electrons. The van der Waals surface area contributed by atoms with Crippen molar-refractivity contribution in [3.63, 3.8) is 0 Å². The Labute approximate surface area is 147 Å². The van der Waals surface area contributed by atoms with Crippen LogP contribution in [0.25, 0.3) is 0 Å². The molecular weight excluding hydrogens is 363 g/mol. The molecule has 2 N–H and O–H groups in total. The SMILES string of the molecule is O=C(COc1ccc(Cl)c(Cl)c1)NNC(=O)c1ccc(Cl)cc1. The largest absolute Gasteiger partial charge is 0.484 e. The molecular formula is C15H11Cl3N2O3. The van der Waals surface area contributed by atoms with Gasteiger partial charge in [-0.15, -0.1) is 0 Å². The van der Waals surface area contributed by atoms with Gasteiger partial charge in [0.25, 0.3) is 11.8 Å². The number of ether oxygens (including phenoxy) is 1. The second-order valence-corrected chi connectivity index (χ2v) is 5.62. The smallest absolute Gasteiger partial charge is 0.276 e. The highest BCUT2D eigenvalue weighted by atomic mass is 35.5. The standard InChI is InChI=1S/C15H11Cl3N2O3/c16-10-3-1-9(2-4-10)15(22)20-19-14(21)8-23-11-5-6-12(17)13(18)7-11/h1-7H,8H2,(H,19,21)(H,20,22). The van der Waals surface area contributed by atoms with E-state index in [2.05, 4.69) is 10.9 Å². The van der Waals surface area contributed by atoms with Crippen molar-refractivity contribution in [3.05, 3.63) is 63.1 Å². The Morgan fingerprint density at radius 1 is 0.913 bits per heavy atom. The van der Waals surface area contributed by atoms with Crippen LogP contribution < -0.4 is 15.6 Å². The van der Waals surface area contributed by atoms with Crippen molar-refractivity contribution in [1.82, 2.24) is 10.9 Å². The van der Waals surface area contributed by atoms with E-state index in [1.807, 2.05) is 0 Å². The Kier molecular flexibility index (Phi) is 6.10. The molecule has 0 unspecified atom stereocenters. The highest BCUT2D eigenvalue weighted by molar-refractivity contribution is 6.42. The minimum absolute atomic E-state index is 0.293. The molecule has 5 nitrogen and oxygen atoms in total. The predicted molar refractivity (Wildman–Crippen MR) is 89.0 cm³/mol. The van der Waals surface area contributed by atoms with Crippen LogP contribution in [0.5, 0.6) is 5.75 Å². The van der Waals surface area contributed by atoms with E-state index >= 15 is 0 Å². The molecule has 0 radical (unpaired) electrons. The third-order valence-corrected chi connectivity index (χ3v) is 3.67. The van der Waals surface area contributed by atoms with Gasteiger partial charge < -0.3 is 4.74 Å². The molecule has 8 heteroatoms. The average Bonchev–Trinajstić information content (AvgIpc) is 2.54. The molecule has 0 aliphatic rings. The number of halogens is 3. The van der Waals surface area contributed by atoms with E-state index in [1.54, 1.807) is 24.3 Å². The van der Waals surface area contributed by atoms with Crippen LogP contribution >= 0.6 is 34.8 Å². The maximum Gasteiger partial charge on any atom is 0.276 e. The molecule has 0 spiro atoms. The van der Waals surface area contributed by atoms with Gasteiger partial charge in [0, 0.05) is 16.7 Å². The quantitative estimate of drug-likeness (QED) is 0.806. The highest BCUT2D eigenvalue weighted by Crippen LogP contribution is 2.26. The first-order chi connectivity index (χ1) is 11.0. The summed E-state index contributed by atoms with van der Waals surface area (Å²) in [4.78, 5) is 23.4. The lowest BCUT2D eigenvalue weighted by Gasteiger charge is -2.09. The average molecular weight is 374 g/mol. The highest BCUT2D eigenvalue weighted by Gasteiger charge is 2.08. The maximum atomic E-state index is 11.8. The molecule has 0 aromatic heterocycles. The molecule has 0 bridgehead atoms. The summed E-state index contributed by atoms with van der Waals surface area (Å²) in [5.41, 5.74) is 4.86. The van der Waals surface area contributed by atoms with Gasteiger partial charge in [-0.3, -0.25) is 20.4 Å². The number of nitrogens with one attached hydrogen (secondary N) is 2. The van der Waals surface area contributed by atoms with Crippen LogP contribution in [0.15, 0.2) is 42.5 Å². The van der Waals surface area contributed by atoms with Gasteiger partial charge in [0.05, 0.1) is 10.0 Å². The Hall–Kier alpha value is -1.95. The molecule has 0 heterocycles.